The highest BCUT2D eigenvalue weighted by Gasteiger charge is 2.27. The van der Waals surface area contributed by atoms with Gasteiger partial charge in [0.05, 0.1) is 18.2 Å². The maximum atomic E-state index is 12.6. The molecule has 8 heteroatoms. The van der Waals surface area contributed by atoms with E-state index in [1.807, 2.05) is 0 Å². The van der Waals surface area contributed by atoms with E-state index in [1.165, 1.54) is 38.3 Å². The molecule has 0 saturated heterocycles. The van der Waals surface area contributed by atoms with Crippen LogP contribution < -0.4 is 11.3 Å². The molecule has 8 nitrogen and oxygen atoms in total. The monoisotopic (exact) mass is 408 g/mol. The van der Waals surface area contributed by atoms with Crippen molar-refractivity contribution in [3.63, 3.8) is 0 Å². The van der Waals surface area contributed by atoms with E-state index in [4.69, 9.17) is 18.0 Å². The van der Waals surface area contributed by atoms with Crippen molar-refractivity contribution in [1.29, 1.82) is 0 Å². The van der Waals surface area contributed by atoms with E-state index in [-0.39, 0.29) is 39.4 Å². The van der Waals surface area contributed by atoms with Crippen molar-refractivity contribution in [2.75, 3.05) is 7.11 Å². The number of fused-ring (bicyclic) bond motifs is 1. The second-order valence-corrected chi connectivity index (χ2v) is 6.66. The van der Waals surface area contributed by atoms with Crippen molar-refractivity contribution in [1.82, 2.24) is 0 Å². The van der Waals surface area contributed by atoms with Gasteiger partial charge in [0.2, 0.25) is 0 Å². The Kier molecular flexibility index (Phi) is 4.54. The molecule has 0 fully saturated rings. The highest BCUT2D eigenvalue weighted by molar-refractivity contribution is 6.02. The van der Waals surface area contributed by atoms with Gasteiger partial charge in [-0.1, -0.05) is 12.1 Å². The largest absolute Gasteiger partial charge is 0.507 e. The lowest BCUT2D eigenvalue weighted by molar-refractivity contribution is 0.0600. The van der Waals surface area contributed by atoms with Crippen LogP contribution in [-0.4, -0.2) is 18.2 Å². The molecule has 0 saturated carbocycles. The first kappa shape index (κ1) is 19.3. The molecule has 1 aromatic carbocycles. The summed E-state index contributed by atoms with van der Waals surface area (Å²) in [5, 5.41) is 10.5. The molecule has 3 heterocycles. The van der Waals surface area contributed by atoms with Crippen LogP contribution in [0.15, 0.2) is 59.2 Å². The van der Waals surface area contributed by atoms with E-state index >= 15 is 0 Å². The second kappa shape index (κ2) is 7.07. The Balaban J connectivity index is 2.08. The standard InChI is InChI=1S/C22H16O8/c1-10-8-14(23)16(21(25)28-10)18-17-15(9-11(2)29-22(17)26)30-19(18)12-4-6-13(7-5-12)20(24)27-3/h4-9,23H,1-3H3. The molecule has 3 aromatic heterocycles. The first-order chi connectivity index (χ1) is 14.3. The summed E-state index contributed by atoms with van der Waals surface area (Å²) in [6.07, 6.45) is 0. The lowest BCUT2D eigenvalue weighted by Crippen LogP contribution is -2.07. The number of esters is 1. The molecular weight excluding hydrogens is 392 g/mol. The maximum absolute atomic E-state index is 12.6. The van der Waals surface area contributed by atoms with E-state index in [0.29, 0.717) is 16.9 Å². The molecule has 4 aromatic rings. The number of rotatable bonds is 3. The number of carbonyl (C=O) groups is 1. The third-order valence-electron chi connectivity index (χ3n) is 4.60. The molecule has 1 N–H and O–H groups in total. The summed E-state index contributed by atoms with van der Waals surface area (Å²) < 4.78 is 20.9. The fourth-order valence-corrected chi connectivity index (χ4v) is 3.31. The van der Waals surface area contributed by atoms with Gasteiger partial charge in [0.15, 0.2) is 0 Å². The summed E-state index contributed by atoms with van der Waals surface area (Å²) in [7, 11) is 1.27. The zero-order valence-corrected chi connectivity index (χ0v) is 16.3. The third kappa shape index (κ3) is 3.08. The molecule has 0 aliphatic carbocycles. The number of hydrogen-bond donors (Lipinski definition) is 1. The number of carbonyl (C=O) groups excluding carboxylic acids is 1. The minimum absolute atomic E-state index is 0.000836. The van der Waals surface area contributed by atoms with Gasteiger partial charge in [0.25, 0.3) is 0 Å². The fraction of sp³-hybridized carbons (Fsp3) is 0.136. The van der Waals surface area contributed by atoms with Crippen molar-refractivity contribution in [2.24, 2.45) is 0 Å². The molecule has 0 atom stereocenters. The van der Waals surface area contributed by atoms with Crippen molar-refractivity contribution in [3.8, 4) is 28.2 Å². The summed E-state index contributed by atoms with van der Waals surface area (Å²) in [4.78, 5) is 36.9. The summed E-state index contributed by atoms with van der Waals surface area (Å²) in [6, 6.07) is 8.98. The normalized spacial score (nSPS) is 11.0. The van der Waals surface area contributed by atoms with Crippen LogP contribution in [0.2, 0.25) is 0 Å². The molecule has 0 bridgehead atoms. The number of furan rings is 1. The highest BCUT2D eigenvalue weighted by Crippen LogP contribution is 2.41. The molecule has 4 rings (SSSR count). The molecule has 0 spiro atoms. The number of hydrogen-bond acceptors (Lipinski definition) is 8. The van der Waals surface area contributed by atoms with Crippen LogP contribution in [0.5, 0.6) is 5.75 Å². The van der Waals surface area contributed by atoms with Crippen LogP contribution >= 0.6 is 0 Å². The van der Waals surface area contributed by atoms with E-state index in [2.05, 4.69) is 0 Å². The van der Waals surface area contributed by atoms with E-state index in [0.717, 1.165) is 0 Å². The Morgan fingerprint density at radius 3 is 2.17 bits per heavy atom. The van der Waals surface area contributed by atoms with Crippen LogP contribution in [0.4, 0.5) is 0 Å². The Labute approximate surface area is 168 Å². The minimum atomic E-state index is -0.831. The SMILES string of the molecule is COC(=O)c1ccc(-c2oc3cc(C)oc(=O)c3c2-c2c(O)cc(C)oc2=O)cc1. The summed E-state index contributed by atoms with van der Waals surface area (Å²) in [6.45, 7) is 3.11. The Hall–Kier alpha value is -4.07. The maximum Gasteiger partial charge on any atom is 0.347 e. The quantitative estimate of drug-likeness (QED) is 0.509. The van der Waals surface area contributed by atoms with Gasteiger partial charge in [-0.15, -0.1) is 0 Å². The van der Waals surface area contributed by atoms with Gasteiger partial charge in [-0.3, -0.25) is 0 Å². The number of benzene rings is 1. The number of aryl methyl sites for hydroxylation is 2. The van der Waals surface area contributed by atoms with Crippen molar-refractivity contribution in [2.45, 2.75) is 13.8 Å². The zero-order valence-electron chi connectivity index (χ0n) is 16.3. The second-order valence-electron chi connectivity index (χ2n) is 6.66. The van der Waals surface area contributed by atoms with E-state index < -0.39 is 17.2 Å². The first-order valence-corrected chi connectivity index (χ1v) is 8.90. The smallest absolute Gasteiger partial charge is 0.347 e. The minimum Gasteiger partial charge on any atom is -0.507 e. The lowest BCUT2D eigenvalue weighted by atomic mass is 9.99. The first-order valence-electron chi connectivity index (χ1n) is 8.90. The fourth-order valence-electron chi connectivity index (χ4n) is 3.31. The lowest BCUT2D eigenvalue weighted by Gasteiger charge is -2.06. The molecule has 30 heavy (non-hydrogen) atoms. The van der Waals surface area contributed by atoms with Crippen molar-refractivity contribution in [3.05, 3.63) is 74.3 Å². The number of methoxy groups -OCH3 is 1. The molecule has 0 radical (unpaired) electrons. The van der Waals surface area contributed by atoms with Gasteiger partial charge < -0.3 is 23.1 Å². The summed E-state index contributed by atoms with van der Waals surface area (Å²) >= 11 is 0. The van der Waals surface area contributed by atoms with Crippen molar-refractivity contribution >= 4 is 16.9 Å². The number of ether oxygens (including phenoxy) is 1. The van der Waals surface area contributed by atoms with Gasteiger partial charge in [-0.05, 0) is 26.0 Å². The van der Waals surface area contributed by atoms with Crippen LogP contribution in [0.3, 0.4) is 0 Å². The van der Waals surface area contributed by atoms with E-state index in [9.17, 15) is 19.5 Å². The molecule has 0 aliphatic heterocycles. The predicted molar refractivity (Wildman–Crippen MR) is 107 cm³/mol. The van der Waals surface area contributed by atoms with Crippen molar-refractivity contribution < 1.29 is 27.9 Å². The van der Waals surface area contributed by atoms with E-state index in [1.54, 1.807) is 19.1 Å². The average Bonchev–Trinajstić information content (AvgIpc) is 3.06. The van der Waals surface area contributed by atoms with Gasteiger partial charge in [0.1, 0.15) is 39.6 Å². The Morgan fingerprint density at radius 2 is 1.53 bits per heavy atom. The highest BCUT2D eigenvalue weighted by atomic mass is 16.5. The van der Waals surface area contributed by atoms with Gasteiger partial charge in [-0.2, -0.15) is 0 Å². The van der Waals surface area contributed by atoms with Crippen LogP contribution in [-0.2, 0) is 4.74 Å². The molecular formula is C22H16O8. The van der Waals surface area contributed by atoms with Gasteiger partial charge in [0, 0.05) is 17.7 Å². The molecule has 152 valence electrons. The molecule has 0 amide bonds. The molecule has 0 aliphatic rings. The van der Waals surface area contributed by atoms with Gasteiger partial charge in [-0.25, -0.2) is 14.4 Å². The predicted octanol–water partition coefficient (Wildman–Crippen LogP) is 3.78. The van der Waals surface area contributed by atoms with Crippen LogP contribution in [0.1, 0.15) is 21.9 Å². The Morgan fingerprint density at radius 1 is 0.900 bits per heavy atom. The number of aromatic hydroxyl groups is 1. The summed E-state index contributed by atoms with van der Waals surface area (Å²) in [5.41, 5.74) is -0.760. The van der Waals surface area contributed by atoms with Crippen LogP contribution in [0.25, 0.3) is 33.4 Å². The van der Waals surface area contributed by atoms with Crippen LogP contribution in [0, 0.1) is 13.8 Å². The van der Waals surface area contributed by atoms with Gasteiger partial charge >= 0.3 is 17.2 Å². The molecule has 0 unspecified atom stereocenters. The third-order valence-corrected chi connectivity index (χ3v) is 4.60. The topological polar surface area (TPSA) is 120 Å². The zero-order chi connectivity index (χ0) is 21.6. The average molecular weight is 408 g/mol. The Bertz CT molecular complexity index is 1400. The summed E-state index contributed by atoms with van der Waals surface area (Å²) in [5.74, 6) is -0.203.